The van der Waals surface area contributed by atoms with E-state index in [-0.39, 0.29) is 11.7 Å². The van der Waals surface area contributed by atoms with Crippen LogP contribution in [-0.4, -0.2) is 25.0 Å². The molecule has 0 amide bonds. The number of halogens is 1. The molecular formula is C16H14FN3O2S. The van der Waals surface area contributed by atoms with E-state index in [9.17, 15) is 4.39 Å². The van der Waals surface area contributed by atoms with E-state index in [1.54, 1.807) is 18.2 Å². The van der Waals surface area contributed by atoms with Gasteiger partial charge in [0.05, 0.1) is 13.3 Å². The van der Waals surface area contributed by atoms with Gasteiger partial charge >= 0.3 is 0 Å². The first kappa shape index (κ1) is 16.5. The maximum absolute atomic E-state index is 13.5. The highest BCUT2D eigenvalue weighted by Gasteiger charge is 2.08. The predicted octanol–water partition coefficient (Wildman–Crippen LogP) is 2.34. The molecule has 1 aliphatic carbocycles. The average Bonchev–Trinajstić information content (AvgIpc) is 2.54. The summed E-state index contributed by atoms with van der Waals surface area (Å²) in [4.78, 5) is 0. The zero-order chi connectivity index (χ0) is 16.7. The summed E-state index contributed by atoms with van der Waals surface area (Å²) in [6, 6.07) is 5.20. The second-order valence-corrected chi connectivity index (χ2v) is 4.82. The number of rotatable bonds is 6. The third-order valence-electron chi connectivity index (χ3n) is 2.79. The zero-order valence-electron chi connectivity index (χ0n) is 12.3. The van der Waals surface area contributed by atoms with Crippen molar-refractivity contribution in [2.24, 2.45) is 10.8 Å². The highest BCUT2D eigenvalue weighted by molar-refractivity contribution is 7.80. The minimum Gasteiger partial charge on any atom is -0.493 e. The summed E-state index contributed by atoms with van der Waals surface area (Å²) in [6.07, 6.45) is 4.24. The predicted molar refractivity (Wildman–Crippen MR) is 90.3 cm³/mol. The van der Waals surface area contributed by atoms with Crippen molar-refractivity contribution in [3.05, 3.63) is 58.8 Å². The third kappa shape index (κ3) is 4.83. The molecule has 1 aromatic rings. The van der Waals surface area contributed by atoms with Crippen molar-refractivity contribution in [1.29, 1.82) is 0 Å². The van der Waals surface area contributed by atoms with Crippen molar-refractivity contribution in [3.8, 4) is 11.5 Å². The monoisotopic (exact) mass is 331 g/mol. The molecule has 0 aliphatic heterocycles. The number of nitrogens with one attached hydrogen (secondary N) is 1. The molecule has 2 rings (SSSR count). The smallest absolute Gasteiger partial charge is 0.184 e. The Morgan fingerprint density at radius 2 is 2.17 bits per heavy atom. The fraction of sp³-hybridized carbons (Fsp3) is 0.125. The van der Waals surface area contributed by atoms with Gasteiger partial charge in [0, 0.05) is 11.6 Å². The summed E-state index contributed by atoms with van der Waals surface area (Å²) in [5.41, 5.74) is 14.1. The molecule has 5 nitrogen and oxygen atoms in total. The number of nitrogens with zero attached hydrogens (tertiary/aromatic N) is 1. The normalized spacial score (nSPS) is 12.8. The van der Waals surface area contributed by atoms with Gasteiger partial charge in [-0.3, -0.25) is 5.43 Å². The topological polar surface area (TPSA) is 68.9 Å². The van der Waals surface area contributed by atoms with Crippen LogP contribution in [0.1, 0.15) is 5.56 Å². The number of allylic oxidation sites excluding steroid dienone is 2. The number of methoxy groups -OCH3 is 1. The first-order valence-corrected chi connectivity index (χ1v) is 6.96. The fourth-order valence-electron chi connectivity index (χ4n) is 1.72. The van der Waals surface area contributed by atoms with Crippen LogP contribution < -0.4 is 20.6 Å². The summed E-state index contributed by atoms with van der Waals surface area (Å²) in [6.45, 7) is 0.0593. The second kappa shape index (κ2) is 7.96. The Labute approximate surface area is 138 Å². The van der Waals surface area contributed by atoms with Crippen LogP contribution in [0.15, 0.2) is 58.3 Å². The maximum Gasteiger partial charge on any atom is 0.184 e. The minimum absolute atomic E-state index is 0.0593. The Bertz CT molecular complexity index is 774. The molecule has 3 N–H and O–H groups in total. The maximum atomic E-state index is 13.5. The molecule has 1 aromatic carbocycles. The molecule has 0 unspecified atom stereocenters. The largest absolute Gasteiger partial charge is 0.493 e. The molecule has 0 bridgehead atoms. The summed E-state index contributed by atoms with van der Waals surface area (Å²) in [5.74, 6) is 0.589. The van der Waals surface area contributed by atoms with Gasteiger partial charge in [0.2, 0.25) is 0 Å². The minimum atomic E-state index is -0.393. The molecule has 0 aromatic heterocycles. The van der Waals surface area contributed by atoms with E-state index in [1.165, 1.54) is 25.5 Å². The van der Waals surface area contributed by atoms with E-state index in [0.29, 0.717) is 17.1 Å². The number of benzene rings is 1. The van der Waals surface area contributed by atoms with Crippen LogP contribution in [0.3, 0.4) is 0 Å². The Balaban J connectivity index is 2.08. The lowest BCUT2D eigenvalue weighted by molar-refractivity contribution is 0.319. The number of hydrazone groups is 1. The SMILES string of the molecule is COc1cc(/C=N\NC(N)=S)ccc1OCC1=C(F)C=C=C=C1. The Hall–Kier alpha value is -2.85. The van der Waals surface area contributed by atoms with Crippen molar-refractivity contribution in [2.45, 2.75) is 0 Å². The van der Waals surface area contributed by atoms with E-state index in [0.717, 1.165) is 5.56 Å². The number of nitrogens with two attached hydrogens (primary N) is 1. The molecule has 0 atom stereocenters. The Morgan fingerprint density at radius 1 is 1.39 bits per heavy atom. The van der Waals surface area contributed by atoms with Crippen molar-refractivity contribution in [2.75, 3.05) is 13.7 Å². The summed E-state index contributed by atoms with van der Waals surface area (Å²) < 4.78 is 24.4. The lowest BCUT2D eigenvalue weighted by Crippen LogP contribution is -2.23. The van der Waals surface area contributed by atoms with Crippen LogP contribution in [0.2, 0.25) is 0 Å². The number of hydrogen-bond acceptors (Lipinski definition) is 4. The molecule has 0 spiro atoms. The fourth-order valence-corrected chi connectivity index (χ4v) is 1.77. The van der Waals surface area contributed by atoms with Gasteiger partial charge < -0.3 is 15.2 Å². The Kier molecular flexibility index (Phi) is 5.72. The molecule has 118 valence electrons. The van der Waals surface area contributed by atoms with Crippen LogP contribution in [-0.2, 0) is 0 Å². The van der Waals surface area contributed by atoms with Crippen molar-refractivity contribution < 1.29 is 13.9 Å². The lowest BCUT2D eigenvalue weighted by Gasteiger charge is -2.12. The van der Waals surface area contributed by atoms with Gasteiger partial charge in [-0.15, -0.1) is 0 Å². The van der Waals surface area contributed by atoms with E-state index in [4.69, 9.17) is 15.2 Å². The lowest BCUT2D eigenvalue weighted by atomic mass is 10.2. The van der Waals surface area contributed by atoms with Crippen LogP contribution in [0.25, 0.3) is 0 Å². The van der Waals surface area contributed by atoms with Gasteiger partial charge in [0.25, 0.3) is 0 Å². The molecule has 0 saturated carbocycles. The molecular weight excluding hydrogens is 317 g/mol. The van der Waals surface area contributed by atoms with Gasteiger partial charge in [-0.2, -0.15) is 5.10 Å². The first-order chi connectivity index (χ1) is 11.1. The summed E-state index contributed by atoms with van der Waals surface area (Å²) in [5, 5.41) is 3.93. The standard InChI is InChI=1S/C16H14FN3O2S/c1-21-15-8-11(9-19-20-16(18)23)6-7-14(15)22-10-12-4-2-3-5-13(12)17/h4-9H,10H2,1H3,(H3,18,20,23)/b19-9-. The van der Waals surface area contributed by atoms with Crippen molar-refractivity contribution in [3.63, 3.8) is 0 Å². The molecule has 0 heterocycles. The van der Waals surface area contributed by atoms with E-state index < -0.39 is 5.83 Å². The second-order valence-electron chi connectivity index (χ2n) is 4.38. The number of ether oxygens (including phenoxy) is 2. The van der Waals surface area contributed by atoms with E-state index in [1.807, 2.05) is 0 Å². The van der Waals surface area contributed by atoms with Crippen LogP contribution in [0, 0.1) is 0 Å². The van der Waals surface area contributed by atoms with Gasteiger partial charge in [0.1, 0.15) is 12.4 Å². The molecule has 0 saturated heterocycles. The molecule has 7 heteroatoms. The Morgan fingerprint density at radius 3 is 2.87 bits per heavy atom. The number of thiocarbonyl (C=S) groups is 1. The van der Waals surface area contributed by atoms with Crippen molar-refractivity contribution in [1.82, 2.24) is 5.43 Å². The van der Waals surface area contributed by atoms with Crippen LogP contribution in [0.4, 0.5) is 4.39 Å². The van der Waals surface area contributed by atoms with Crippen LogP contribution >= 0.6 is 12.2 Å². The van der Waals surface area contributed by atoms with E-state index >= 15 is 0 Å². The third-order valence-corrected chi connectivity index (χ3v) is 2.89. The highest BCUT2D eigenvalue weighted by Crippen LogP contribution is 2.28. The van der Waals surface area contributed by atoms with Gasteiger partial charge in [-0.1, -0.05) is 11.5 Å². The van der Waals surface area contributed by atoms with Crippen molar-refractivity contribution >= 4 is 23.5 Å². The quantitative estimate of drug-likeness (QED) is 0.362. The van der Waals surface area contributed by atoms with Gasteiger partial charge in [-0.05, 0) is 42.1 Å². The molecule has 23 heavy (non-hydrogen) atoms. The molecule has 0 fully saturated rings. The summed E-state index contributed by atoms with van der Waals surface area (Å²) >= 11 is 4.64. The van der Waals surface area contributed by atoms with Gasteiger partial charge in [-0.25, -0.2) is 4.39 Å². The molecule has 0 radical (unpaired) electrons. The van der Waals surface area contributed by atoms with Crippen LogP contribution in [0.5, 0.6) is 11.5 Å². The number of hydrogen-bond donors (Lipinski definition) is 2. The average molecular weight is 331 g/mol. The van der Waals surface area contributed by atoms with Gasteiger partial charge in [0.15, 0.2) is 16.6 Å². The highest BCUT2D eigenvalue weighted by atomic mass is 32.1. The first-order valence-electron chi connectivity index (χ1n) is 6.55. The van der Waals surface area contributed by atoms with E-state index in [2.05, 4.69) is 34.2 Å². The zero-order valence-corrected chi connectivity index (χ0v) is 13.1. The molecule has 1 aliphatic rings. The summed E-state index contributed by atoms with van der Waals surface area (Å²) in [7, 11) is 1.52.